The van der Waals surface area contributed by atoms with Gasteiger partial charge in [0.15, 0.2) is 5.82 Å². The smallest absolute Gasteiger partial charge is 0.242 e. The topological polar surface area (TPSA) is 73.1 Å². The minimum Gasteiger partial charge on any atom is -0.476 e. The summed E-state index contributed by atoms with van der Waals surface area (Å²) in [6.07, 6.45) is 1.46. The van der Waals surface area contributed by atoms with Crippen molar-refractivity contribution in [2.24, 2.45) is 0 Å². The summed E-state index contributed by atoms with van der Waals surface area (Å²) in [5, 5.41) is 3.25. The van der Waals surface area contributed by atoms with Gasteiger partial charge < -0.3 is 15.8 Å². The number of nitrogens with two attached hydrogens (primary N) is 1. The first-order chi connectivity index (χ1) is 9.72. The zero-order chi connectivity index (χ0) is 14.4. The van der Waals surface area contributed by atoms with Gasteiger partial charge in [0, 0.05) is 6.54 Å². The molecule has 5 heteroatoms. The minimum absolute atomic E-state index is 0.362. The highest BCUT2D eigenvalue weighted by Crippen LogP contribution is 2.25. The van der Waals surface area contributed by atoms with Crippen LogP contribution in [-0.4, -0.2) is 23.1 Å². The molecule has 1 aromatic heterocycles. The van der Waals surface area contributed by atoms with Gasteiger partial charge in [-0.05, 0) is 18.4 Å². The Morgan fingerprint density at radius 3 is 2.70 bits per heavy atom. The predicted molar refractivity (Wildman–Crippen MR) is 81.0 cm³/mol. The van der Waals surface area contributed by atoms with E-state index in [9.17, 15) is 0 Å². The van der Waals surface area contributed by atoms with Crippen LogP contribution < -0.4 is 15.8 Å². The molecule has 0 aliphatic rings. The maximum atomic E-state index is 5.98. The van der Waals surface area contributed by atoms with Gasteiger partial charge in [-0.25, -0.2) is 4.98 Å². The molecule has 0 radical (unpaired) electrons. The second kappa shape index (κ2) is 6.75. The average Bonchev–Trinajstić information content (AvgIpc) is 2.49. The number of hydrogen-bond acceptors (Lipinski definition) is 5. The van der Waals surface area contributed by atoms with E-state index in [-0.39, 0.29) is 0 Å². The van der Waals surface area contributed by atoms with Crippen LogP contribution in [0, 0.1) is 0 Å². The van der Waals surface area contributed by atoms with Gasteiger partial charge in [-0.15, -0.1) is 0 Å². The number of nitrogens with zero attached hydrogens (tertiary/aromatic N) is 2. The minimum atomic E-state index is 0.362. The fourth-order valence-corrected chi connectivity index (χ4v) is 1.92. The third kappa shape index (κ3) is 3.38. The van der Waals surface area contributed by atoms with Gasteiger partial charge in [0.1, 0.15) is 12.0 Å². The van der Waals surface area contributed by atoms with Gasteiger partial charge in [-0.3, -0.25) is 0 Å². The molecular weight excluding hydrogens is 252 g/mol. The highest BCUT2D eigenvalue weighted by Gasteiger charge is 2.10. The molecule has 1 unspecified atom stereocenters. The molecule has 0 amide bonds. The fraction of sp³-hybridized carbons (Fsp3) is 0.333. The van der Waals surface area contributed by atoms with Crippen LogP contribution in [0.4, 0.5) is 11.5 Å². The number of ether oxygens (including phenoxy) is 1. The second-order valence-corrected chi connectivity index (χ2v) is 4.57. The lowest BCUT2D eigenvalue weighted by atomic mass is 10.0. The highest BCUT2D eigenvalue weighted by molar-refractivity contribution is 5.66. The van der Waals surface area contributed by atoms with Gasteiger partial charge in [-0.2, -0.15) is 4.98 Å². The molecule has 20 heavy (non-hydrogen) atoms. The summed E-state index contributed by atoms with van der Waals surface area (Å²) in [5.41, 5.74) is 7.71. The van der Waals surface area contributed by atoms with Gasteiger partial charge in [0.05, 0.1) is 6.61 Å². The van der Waals surface area contributed by atoms with Crippen molar-refractivity contribution in [3.05, 3.63) is 42.2 Å². The van der Waals surface area contributed by atoms with Gasteiger partial charge >= 0.3 is 0 Å². The number of nitrogens with one attached hydrogen (secondary N) is 1. The first-order valence-corrected chi connectivity index (χ1v) is 6.74. The molecule has 1 atom stereocenters. The molecule has 0 spiro atoms. The summed E-state index contributed by atoms with van der Waals surface area (Å²) in [6.45, 7) is 5.33. The van der Waals surface area contributed by atoms with Crippen molar-refractivity contribution in [1.82, 2.24) is 9.97 Å². The summed E-state index contributed by atoms with van der Waals surface area (Å²) in [7, 11) is 0. The molecule has 0 saturated heterocycles. The maximum absolute atomic E-state index is 5.98. The summed E-state index contributed by atoms with van der Waals surface area (Å²) in [6, 6.07) is 10.3. The Morgan fingerprint density at radius 1 is 1.25 bits per heavy atom. The lowest BCUT2D eigenvalue weighted by molar-refractivity contribution is 0.328. The van der Waals surface area contributed by atoms with Crippen LogP contribution in [0.2, 0.25) is 0 Å². The summed E-state index contributed by atoms with van der Waals surface area (Å²) in [5.74, 6) is 1.41. The number of aromatic nitrogens is 2. The van der Waals surface area contributed by atoms with Crippen molar-refractivity contribution >= 4 is 11.5 Å². The van der Waals surface area contributed by atoms with E-state index < -0.39 is 0 Å². The Bertz CT molecular complexity index is 545. The number of anilines is 2. The van der Waals surface area contributed by atoms with Gasteiger partial charge in [0.25, 0.3) is 0 Å². The molecule has 0 aliphatic heterocycles. The molecule has 2 aromatic rings. The molecule has 3 N–H and O–H groups in total. The summed E-state index contributed by atoms with van der Waals surface area (Å²) in [4.78, 5) is 8.18. The molecule has 5 nitrogen and oxygen atoms in total. The van der Waals surface area contributed by atoms with Crippen LogP contribution in [0.15, 0.2) is 36.7 Å². The fourth-order valence-electron chi connectivity index (χ4n) is 1.92. The molecule has 0 aliphatic carbocycles. The first-order valence-electron chi connectivity index (χ1n) is 6.74. The lowest BCUT2D eigenvalue weighted by Crippen LogP contribution is -2.13. The van der Waals surface area contributed by atoms with Crippen molar-refractivity contribution in [2.45, 2.75) is 19.8 Å². The molecule has 0 saturated carbocycles. The molecular formula is C15H20N4O. The normalized spacial score (nSPS) is 11.9. The van der Waals surface area contributed by atoms with Crippen molar-refractivity contribution in [1.29, 1.82) is 0 Å². The van der Waals surface area contributed by atoms with Crippen LogP contribution >= 0.6 is 0 Å². The van der Waals surface area contributed by atoms with E-state index in [1.165, 1.54) is 11.9 Å². The second-order valence-electron chi connectivity index (χ2n) is 4.57. The molecule has 0 bridgehead atoms. The molecule has 106 valence electrons. The number of benzene rings is 1. The molecule has 2 rings (SSSR count). The molecule has 1 aromatic carbocycles. The Hall–Kier alpha value is -2.30. The van der Waals surface area contributed by atoms with Crippen LogP contribution in [0.5, 0.6) is 5.88 Å². The highest BCUT2D eigenvalue weighted by atomic mass is 16.5. The summed E-state index contributed by atoms with van der Waals surface area (Å²) >= 11 is 0. The van der Waals surface area contributed by atoms with E-state index in [1.807, 2.05) is 25.1 Å². The van der Waals surface area contributed by atoms with E-state index >= 15 is 0 Å². The van der Waals surface area contributed by atoms with Crippen LogP contribution in [0.1, 0.15) is 25.3 Å². The summed E-state index contributed by atoms with van der Waals surface area (Å²) < 4.78 is 5.35. The van der Waals surface area contributed by atoms with E-state index in [0.29, 0.717) is 29.9 Å². The third-order valence-corrected chi connectivity index (χ3v) is 3.07. The van der Waals surface area contributed by atoms with E-state index in [2.05, 4.69) is 34.3 Å². The largest absolute Gasteiger partial charge is 0.476 e. The Balaban J connectivity index is 2.02. The lowest BCUT2D eigenvalue weighted by Gasteiger charge is -2.15. The number of rotatable bonds is 6. The van der Waals surface area contributed by atoms with Crippen LogP contribution in [-0.2, 0) is 0 Å². The standard InChI is InChI=1S/C15H20N4O/c1-3-20-15-13(16)14(18-10-19-15)17-9-11(2)12-7-5-4-6-8-12/h4-8,10-11H,3,9,16H2,1-2H3,(H,17,18,19). The molecule has 1 heterocycles. The van der Waals surface area contributed by atoms with Crippen molar-refractivity contribution in [3.63, 3.8) is 0 Å². The Labute approximate surface area is 119 Å². The first kappa shape index (κ1) is 14.1. The van der Waals surface area contributed by atoms with Gasteiger partial charge in [0.2, 0.25) is 5.88 Å². The predicted octanol–water partition coefficient (Wildman–Crippen LogP) is 2.67. The van der Waals surface area contributed by atoms with Gasteiger partial charge in [-0.1, -0.05) is 37.3 Å². The van der Waals surface area contributed by atoms with E-state index in [4.69, 9.17) is 10.5 Å². The number of hydrogen-bond donors (Lipinski definition) is 2. The zero-order valence-corrected chi connectivity index (χ0v) is 11.8. The van der Waals surface area contributed by atoms with Crippen molar-refractivity contribution in [2.75, 3.05) is 24.2 Å². The molecule has 0 fully saturated rings. The maximum Gasteiger partial charge on any atom is 0.242 e. The van der Waals surface area contributed by atoms with E-state index in [1.54, 1.807) is 0 Å². The van der Waals surface area contributed by atoms with Crippen molar-refractivity contribution in [3.8, 4) is 5.88 Å². The Kier molecular flexibility index (Phi) is 4.76. The number of nitrogen functional groups attached to an aromatic ring is 1. The SMILES string of the molecule is CCOc1ncnc(NCC(C)c2ccccc2)c1N. The average molecular weight is 272 g/mol. The van der Waals surface area contributed by atoms with Crippen molar-refractivity contribution < 1.29 is 4.74 Å². The van der Waals surface area contributed by atoms with Crippen LogP contribution in [0.3, 0.4) is 0 Å². The Morgan fingerprint density at radius 2 is 2.00 bits per heavy atom. The quantitative estimate of drug-likeness (QED) is 0.845. The van der Waals surface area contributed by atoms with Crippen LogP contribution in [0.25, 0.3) is 0 Å². The third-order valence-electron chi connectivity index (χ3n) is 3.07. The monoisotopic (exact) mass is 272 g/mol. The zero-order valence-electron chi connectivity index (χ0n) is 11.8. The van der Waals surface area contributed by atoms with E-state index in [0.717, 1.165) is 6.54 Å².